The van der Waals surface area contributed by atoms with Crippen molar-refractivity contribution in [2.75, 3.05) is 6.54 Å². The molecule has 1 aliphatic heterocycles. The van der Waals surface area contributed by atoms with E-state index in [4.69, 9.17) is 11.6 Å². The van der Waals surface area contributed by atoms with Gasteiger partial charge in [-0.15, -0.1) is 0 Å². The highest BCUT2D eigenvalue weighted by Gasteiger charge is 2.37. The molecular formula is C16H19N3. The fraction of sp³-hybridized carbons (Fsp3) is 0.250. The Balaban J connectivity index is 2.02. The first-order chi connectivity index (χ1) is 9.20. The van der Waals surface area contributed by atoms with E-state index in [0.29, 0.717) is 0 Å². The molecule has 19 heavy (non-hydrogen) atoms. The van der Waals surface area contributed by atoms with Gasteiger partial charge in [-0.25, -0.2) is 5.01 Å². The second-order valence-corrected chi connectivity index (χ2v) is 5.19. The van der Waals surface area contributed by atoms with E-state index in [2.05, 4.69) is 30.3 Å². The topological polar surface area (TPSA) is 55.3 Å². The lowest BCUT2D eigenvalue weighted by Gasteiger charge is -2.43. The molecule has 3 rings (SSSR count). The third-order valence-corrected chi connectivity index (χ3v) is 3.93. The standard InChI is InChI=1S/C16H19N3/c17-16(12-13-6-2-1-3-7-13)15-9-5-4-8-14(15)10-11-19(16)18/h1-9H,10-12,17-18H2. The lowest BCUT2D eigenvalue weighted by molar-refractivity contribution is 0.0783. The maximum absolute atomic E-state index is 6.65. The Morgan fingerprint density at radius 1 is 1.00 bits per heavy atom. The minimum absolute atomic E-state index is 0.615. The van der Waals surface area contributed by atoms with E-state index < -0.39 is 5.66 Å². The SMILES string of the molecule is NN1CCc2ccccc2C1(N)Cc1ccccc1. The normalized spacial score (nSPS) is 23.1. The molecule has 1 heterocycles. The summed E-state index contributed by atoms with van der Waals surface area (Å²) in [6, 6.07) is 18.6. The summed E-state index contributed by atoms with van der Waals surface area (Å²) >= 11 is 0. The Morgan fingerprint density at radius 3 is 2.47 bits per heavy atom. The van der Waals surface area contributed by atoms with E-state index in [1.165, 1.54) is 11.1 Å². The van der Waals surface area contributed by atoms with Crippen molar-refractivity contribution in [2.45, 2.75) is 18.5 Å². The van der Waals surface area contributed by atoms with Gasteiger partial charge in [0.05, 0.1) is 0 Å². The predicted molar refractivity (Wildman–Crippen MR) is 77.1 cm³/mol. The number of nitrogens with zero attached hydrogens (tertiary/aromatic N) is 1. The fourth-order valence-corrected chi connectivity index (χ4v) is 2.86. The second-order valence-electron chi connectivity index (χ2n) is 5.19. The highest BCUT2D eigenvalue weighted by molar-refractivity contribution is 5.37. The van der Waals surface area contributed by atoms with Crippen LogP contribution in [0.25, 0.3) is 0 Å². The van der Waals surface area contributed by atoms with Crippen LogP contribution in [-0.2, 0) is 18.5 Å². The van der Waals surface area contributed by atoms with E-state index >= 15 is 0 Å². The van der Waals surface area contributed by atoms with E-state index in [1.807, 2.05) is 24.3 Å². The van der Waals surface area contributed by atoms with Gasteiger partial charge in [-0.3, -0.25) is 5.84 Å². The molecule has 0 aliphatic carbocycles. The number of hydrogen-bond acceptors (Lipinski definition) is 3. The minimum atomic E-state index is -0.615. The highest BCUT2D eigenvalue weighted by Crippen LogP contribution is 2.32. The molecule has 0 radical (unpaired) electrons. The summed E-state index contributed by atoms with van der Waals surface area (Å²) in [4.78, 5) is 0. The number of rotatable bonds is 2. The van der Waals surface area contributed by atoms with Gasteiger partial charge in [-0.05, 0) is 23.1 Å². The van der Waals surface area contributed by atoms with E-state index in [-0.39, 0.29) is 0 Å². The smallest absolute Gasteiger partial charge is 0.112 e. The van der Waals surface area contributed by atoms with Crippen LogP contribution in [-0.4, -0.2) is 11.6 Å². The maximum Gasteiger partial charge on any atom is 0.112 e. The first kappa shape index (κ1) is 12.4. The van der Waals surface area contributed by atoms with Crippen LogP contribution < -0.4 is 11.6 Å². The van der Waals surface area contributed by atoms with Crippen LogP contribution in [0.15, 0.2) is 54.6 Å². The molecule has 2 aromatic carbocycles. The minimum Gasteiger partial charge on any atom is -0.308 e. The number of benzene rings is 2. The van der Waals surface area contributed by atoms with Gasteiger partial charge >= 0.3 is 0 Å². The van der Waals surface area contributed by atoms with Gasteiger partial charge in [0.25, 0.3) is 0 Å². The average molecular weight is 253 g/mol. The van der Waals surface area contributed by atoms with Crippen LogP contribution in [0.3, 0.4) is 0 Å². The van der Waals surface area contributed by atoms with Crippen LogP contribution in [0.5, 0.6) is 0 Å². The maximum atomic E-state index is 6.65. The van der Waals surface area contributed by atoms with Crippen LogP contribution in [0.1, 0.15) is 16.7 Å². The Kier molecular flexibility index (Phi) is 3.11. The van der Waals surface area contributed by atoms with Crippen molar-refractivity contribution >= 4 is 0 Å². The fourth-order valence-electron chi connectivity index (χ4n) is 2.86. The first-order valence-electron chi connectivity index (χ1n) is 6.64. The third kappa shape index (κ3) is 2.16. The van der Waals surface area contributed by atoms with Crippen molar-refractivity contribution in [3.63, 3.8) is 0 Å². The van der Waals surface area contributed by atoms with Gasteiger partial charge < -0.3 is 5.73 Å². The second kappa shape index (κ2) is 4.78. The highest BCUT2D eigenvalue weighted by atomic mass is 15.5. The van der Waals surface area contributed by atoms with E-state index in [9.17, 15) is 0 Å². The van der Waals surface area contributed by atoms with Gasteiger partial charge in [-0.2, -0.15) is 0 Å². The van der Waals surface area contributed by atoms with Crippen LogP contribution in [0, 0.1) is 0 Å². The molecule has 3 nitrogen and oxygen atoms in total. The molecule has 3 heteroatoms. The molecule has 2 aromatic rings. The quantitative estimate of drug-likeness (QED) is 0.802. The first-order valence-corrected chi connectivity index (χ1v) is 6.64. The van der Waals surface area contributed by atoms with Crippen LogP contribution >= 0.6 is 0 Å². The summed E-state index contributed by atoms with van der Waals surface area (Å²) in [6.07, 6.45) is 1.68. The van der Waals surface area contributed by atoms with Crippen molar-refractivity contribution in [2.24, 2.45) is 11.6 Å². The van der Waals surface area contributed by atoms with E-state index in [0.717, 1.165) is 24.9 Å². The largest absolute Gasteiger partial charge is 0.308 e. The predicted octanol–water partition coefficient (Wildman–Crippen LogP) is 1.77. The summed E-state index contributed by atoms with van der Waals surface area (Å²) in [5, 5.41) is 1.78. The molecule has 1 atom stereocenters. The molecule has 0 amide bonds. The lowest BCUT2D eigenvalue weighted by Crippen LogP contribution is -2.61. The molecule has 0 saturated carbocycles. The number of fused-ring (bicyclic) bond motifs is 1. The average Bonchev–Trinajstić information content (AvgIpc) is 2.45. The Morgan fingerprint density at radius 2 is 1.68 bits per heavy atom. The van der Waals surface area contributed by atoms with Gasteiger partial charge in [0.1, 0.15) is 5.66 Å². The van der Waals surface area contributed by atoms with E-state index in [1.54, 1.807) is 5.01 Å². The molecule has 0 fully saturated rings. The molecule has 0 spiro atoms. The van der Waals surface area contributed by atoms with Crippen molar-refractivity contribution < 1.29 is 0 Å². The Bertz CT molecular complexity index is 567. The monoisotopic (exact) mass is 253 g/mol. The number of hydrazine groups is 1. The summed E-state index contributed by atoms with van der Waals surface area (Å²) in [6.45, 7) is 0.792. The lowest BCUT2D eigenvalue weighted by atomic mass is 9.84. The van der Waals surface area contributed by atoms with Crippen molar-refractivity contribution in [3.05, 3.63) is 71.3 Å². The molecule has 1 unspecified atom stereocenters. The number of hydrogen-bond donors (Lipinski definition) is 2. The molecule has 1 aliphatic rings. The molecule has 98 valence electrons. The summed E-state index contributed by atoms with van der Waals surface area (Å²) in [5.74, 6) is 6.18. The zero-order chi connectivity index (χ0) is 13.3. The van der Waals surface area contributed by atoms with Crippen LogP contribution in [0.2, 0.25) is 0 Å². The van der Waals surface area contributed by atoms with Gasteiger partial charge in [0, 0.05) is 13.0 Å². The zero-order valence-corrected chi connectivity index (χ0v) is 10.9. The van der Waals surface area contributed by atoms with Crippen molar-refractivity contribution in [1.29, 1.82) is 0 Å². The summed E-state index contributed by atoms with van der Waals surface area (Å²) < 4.78 is 0. The Hall–Kier alpha value is -1.68. The molecular weight excluding hydrogens is 234 g/mol. The molecule has 4 N–H and O–H groups in total. The molecule has 0 saturated heterocycles. The Labute approximate surface area is 113 Å². The van der Waals surface area contributed by atoms with Gasteiger partial charge in [0.15, 0.2) is 0 Å². The van der Waals surface area contributed by atoms with Gasteiger partial charge in [0.2, 0.25) is 0 Å². The third-order valence-electron chi connectivity index (χ3n) is 3.93. The van der Waals surface area contributed by atoms with Gasteiger partial charge in [-0.1, -0.05) is 54.6 Å². The summed E-state index contributed by atoms with van der Waals surface area (Å²) in [7, 11) is 0. The number of nitrogens with two attached hydrogens (primary N) is 2. The van der Waals surface area contributed by atoms with Crippen molar-refractivity contribution in [1.82, 2.24) is 5.01 Å². The van der Waals surface area contributed by atoms with Crippen molar-refractivity contribution in [3.8, 4) is 0 Å². The summed E-state index contributed by atoms with van der Waals surface area (Å²) in [5.41, 5.74) is 9.69. The molecule has 0 aromatic heterocycles. The van der Waals surface area contributed by atoms with Crippen LogP contribution in [0.4, 0.5) is 0 Å². The molecule has 0 bridgehead atoms. The zero-order valence-electron chi connectivity index (χ0n) is 10.9.